The third-order valence-corrected chi connectivity index (χ3v) is 6.76. The van der Waals surface area contributed by atoms with Crippen molar-refractivity contribution in [1.29, 1.82) is 0 Å². The summed E-state index contributed by atoms with van der Waals surface area (Å²) >= 11 is 0. The summed E-state index contributed by atoms with van der Waals surface area (Å²) in [6.45, 7) is 7.04. The van der Waals surface area contributed by atoms with Gasteiger partial charge < -0.3 is 15.0 Å². The standard InChI is InChI=1S/C25H35N3O5S/c1-7-19(3)26-25(30)20(4)27(16-21-11-9-13-23(15-21)33-5)24(29)17-28(34(6,31)32)22-12-8-10-18(2)14-22/h8-15,19-20H,7,16-17H2,1-6H3,(H,26,30)/t19-,20-/m1/s1. The summed E-state index contributed by atoms with van der Waals surface area (Å²) in [6.07, 6.45) is 1.81. The molecule has 8 nitrogen and oxygen atoms in total. The lowest BCUT2D eigenvalue weighted by atomic mass is 10.1. The van der Waals surface area contributed by atoms with Gasteiger partial charge in [0.1, 0.15) is 18.3 Å². The molecule has 2 rings (SSSR count). The van der Waals surface area contributed by atoms with Crippen molar-refractivity contribution in [3.05, 3.63) is 59.7 Å². The number of hydrogen-bond acceptors (Lipinski definition) is 5. The van der Waals surface area contributed by atoms with Gasteiger partial charge in [-0.25, -0.2) is 8.42 Å². The van der Waals surface area contributed by atoms with Crippen molar-refractivity contribution in [3.8, 4) is 5.75 Å². The molecular formula is C25H35N3O5S. The third kappa shape index (κ3) is 7.48. The van der Waals surface area contributed by atoms with E-state index >= 15 is 0 Å². The molecule has 0 heterocycles. The molecule has 0 aliphatic carbocycles. The maximum Gasteiger partial charge on any atom is 0.244 e. The number of amides is 2. The van der Waals surface area contributed by atoms with Crippen LogP contribution < -0.4 is 14.4 Å². The Morgan fingerprint density at radius 1 is 1.09 bits per heavy atom. The number of hydrogen-bond donors (Lipinski definition) is 1. The molecule has 0 fully saturated rings. The fraction of sp³-hybridized carbons (Fsp3) is 0.440. The highest BCUT2D eigenvalue weighted by atomic mass is 32.2. The fourth-order valence-corrected chi connectivity index (χ4v) is 4.25. The Balaban J connectivity index is 2.40. The molecule has 34 heavy (non-hydrogen) atoms. The lowest BCUT2D eigenvalue weighted by Gasteiger charge is -2.32. The van der Waals surface area contributed by atoms with Gasteiger partial charge >= 0.3 is 0 Å². The van der Waals surface area contributed by atoms with Crippen molar-refractivity contribution >= 4 is 27.5 Å². The minimum Gasteiger partial charge on any atom is -0.497 e. The zero-order valence-electron chi connectivity index (χ0n) is 20.7. The number of sulfonamides is 1. The monoisotopic (exact) mass is 489 g/mol. The molecule has 2 atom stereocenters. The van der Waals surface area contributed by atoms with Crippen LogP contribution in [0.2, 0.25) is 0 Å². The van der Waals surface area contributed by atoms with E-state index in [0.29, 0.717) is 11.4 Å². The molecule has 2 aromatic carbocycles. The van der Waals surface area contributed by atoms with Gasteiger partial charge in [0.2, 0.25) is 21.8 Å². The molecule has 2 aromatic rings. The van der Waals surface area contributed by atoms with E-state index in [-0.39, 0.29) is 18.5 Å². The van der Waals surface area contributed by atoms with E-state index in [1.165, 1.54) is 4.90 Å². The summed E-state index contributed by atoms with van der Waals surface area (Å²) in [7, 11) is -2.20. The summed E-state index contributed by atoms with van der Waals surface area (Å²) in [6, 6.07) is 13.3. The first-order valence-electron chi connectivity index (χ1n) is 11.2. The number of rotatable bonds is 11. The van der Waals surface area contributed by atoms with E-state index < -0.39 is 28.5 Å². The molecule has 0 unspecified atom stereocenters. The Bertz CT molecular complexity index is 1100. The number of aryl methyl sites for hydroxylation is 1. The van der Waals surface area contributed by atoms with E-state index in [4.69, 9.17) is 4.74 Å². The van der Waals surface area contributed by atoms with Gasteiger partial charge in [-0.15, -0.1) is 0 Å². The van der Waals surface area contributed by atoms with E-state index in [1.54, 1.807) is 50.4 Å². The molecule has 9 heteroatoms. The summed E-state index contributed by atoms with van der Waals surface area (Å²) in [5, 5.41) is 2.91. The highest BCUT2D eigenvalue weighted by Crippen LogP contribution is 2.21. The van der Waals surface area contributed by atoms with Crippen molar-refractivity contribution in [2.45, 2.75) is 52.7 Å². The second-order valence-corrected chi connectivity index (χ2v) is 10.4. The molecule has 186 valence electrons. The van der Waals surface area contributed by atoms with E-state index in [1.807, 2.05) is 32.9 Å². The van der Waals surface area contributed by atoms with E-state index in [2.05, 4.69) is 5.32 Å². The molecule has 0 spiro atoms. The molecule has 0 saturated carbocycles. The summed E-state index contributed by atoms with van der Waals surface area (Å²) in [5.74, 6) is -0.159. The number of carbonyl (C=O) groups excluding carboxylic acids is 2. The van der Waals surface area contributed by atoms with Crippen molar-refractivity contribution in [1.82, 2.24) is 10.2 Å². The van der Waals surface area contributed by atoms with Gasteiger partial charge in [0.05, 0.1) is 19.1 Å². The van der Waals surface area contributed by atoms with Gasteiger partial charge in [-0.2, -0.15) is 0 Å². The van der Waals surface area contributed by atoms with E-state index in [0.717, 1.165) is 28.1 Å². The number of ether oxygens (including phenoxy) is 1. The van der Waals surface area contributed by atoms with Crippen LogP contribution in [0.3, 0.4) is 0 Å². The number of carbonyl (C=O) groups is 2. The van der Waals surface area contributed by atoms with Crippen LogP contribution in [-0.2, 0) is 26.2 Å². The maximum atomic E-state index is 13.5. The average molecular weight is 490 g/mol. The lowest BCUT2D eigenvalue weighted by molar-refractivity contribution is -0.139. The van der Waals surface area contributed by atoms with Crippen LogP contribution in [0.5, 0.6) is 5.75 Å². The number of nitrogens with zero attached hydrogens (tertiary/aromatic N) is 2. The number of benzene rings is 2. The average Bonchev–Trinajstić information content (AvgIpc) is 2.79. The summed E-state index contributed by atoms with van der Waals surface area (Å²) < 4.78 is 31.5. The van der Waals surface area contributed by atoms with Crippen LogP contribution in [0.4, 0.5) is 5.69 Å². The van der Waals surface area contributed by atoms with Crippen LogP contribution in [0.25, 0.3) is 0 Å². The Morgan fingerprint density at radius 2 is 1.76 bits per heavy atom. The number of methoxy groups -OCH3 is 1. The predicted octanol–water partition coefficient (Wildman–Crippen LogP) is 3.10. The molecule has 0 bridgehead atoms. The molecule has 1 N–H and O–H groups in total. The predicted molar refractivity (Wildman–Crippen MR) is 134 cm³/mol. The Hall–Kier alpha value is -3.07. The van der Waals surface area contributed by atoms with Crippen molar-refractivity contribution in [2.75, 3.05) is 24.2 Å². The zero-order valence-corrected chi connectivity index (χ0v) is 21.6. The van der Waals surface area contributed by atoms with Gasteiger partial charge in [-0.1, -0.05) is 31.2 Å². The molecule has 0 aliphatic rings. The normalized spacial score (nSPS) is 13.0. The largest absolute Gasteiger partial charge is 0.497 e. The lowest BCUT2D eigenvalue weighted by Crippen LogP contribution is -2.52. The van der Waals surface area contributed by atoms with Crippen LogP contribution in [0.15, 0.2) is 48.5 Å². The van der Waals surface area contributed by atoms with Crippen LogP contribution in [0.1, 0.15) is 38.3 Å². The minimum atomic E-state index is -3.75. The van der Waals surface area contributed by atoms with Crippen molar-refractivity contribution in [2.24, 2.45) is 0 Å². The van der Waals surface area contributed by atoms with Gasteiger partial charge in [0.15, 0.2) is 0 Å². The SMILES string of the molecule is CC[C@@H](C)NC(=O)[C@@H](C)N(Cc1cccc(OC)c1)C(=O)CN(c1cccc(C)c1)S(C)(=O)=O. The Kier molecular flexibility index (Phi) is 9.49. The molecule has 2 amide bonds. The second kappa shape index (κ2) is 11.9. The van der Waals surface area contributed by atoms with Crippen LogP contribution >= 0.6 is 0 Å². The highest BCUT2D eigenvalue weighted by molar-refractivity contribution is 7.92. The Labute approximate surface area is 202 Å². The third-order valence-electron chi connectivity index (χ3n) is 5.62. The quantitative estimate of drug-likeness (QED) is 0.523. The number of anilines is 1. The second-order valence-electron chi connectivity index (χ2n) is 8.48. The van der Waals surface area contributed by atoms with Gasteiger partial charge in [-0.3, -0.25) is 13.9 Å². The van der Waals surface area contributed by atoms with Gasteiger partial charge in [-0.05, 0) is 62.6 Å². The molecule has 0 aliphatic heterocycles. The Morgan fingerprint density at radius 3 is 2.35 bits per heavy atom. The van der Waals surface area contributed by atoms with Crippen LogP contribution in [0, 0.1) is 6.92 Å². The topological polar surface area (TPSA) is 96.0 Å². The summed E-state index contributed by atoms with van der Waals surface area (Å²) in [4.78, 5) is 27.8. The first-order chi connectivity index (χ1) is 16.0. The molecular weight excluding hydrogens is 454 g/mol. The highest BCUT2D eigenvalue weighted by Gasteiger charge is 2.30. The van der Waals surface area contributed by atoms with Crippen molar-refractivity contribution in [3.63, 3.8) is 0 Å². The van der Waals surface area contributed by atoms with Crippen LogP contribution in [-0.4, -0.2) is 57.1 Å². The first-order valence-corrected chi connectivity index (χ1v) is 13.1. The number of nitrogens with one attached hydrogen (secondary N) is 1. The minimum absolute atomic E-state index is 0.0523. The smallest absolute Gasteiger partial charge is 0.244 e. The van der Waals surface area contributed by atoms with Gasteiger partial charge in [0, 0.05) is 12.6 Å². The summed E-state index contributed by atoms with van der Waals surface area (Å²) in [5.41, 5.74) is 2.03. The zero-order chi connectivity index (χ0) is 25.5. The first kappa shape index (κ1) is 27.2. The maximum absolute atomic E-state index is 13.5. The van der Waals surface area contributed by atoms with E-state index in [9.17, 15) is 18.0 Å². The fourth-order valence-electron chi connectivity index (χ4n) is 3.41. The molecule has 0 aromatic heterocycles. The van der Waals surface area contributed by atoms with Gasteiger partial charge in [0.25, 0.3) is 0 Å². The molecule has 0 saturated heterocycles. The molecule has 0 radical (unpaired) electrons. The van der Waals surface area contributed by atoms with Crippen molar-refractivity contribution < 1.29 is 22.7 Å².